The van der Waals surface area contributed by atoms with Crippen molar-refractivity contribution in [1.29, 1.82) is 0 Å². The van der Waals surface area contributed by atoms with E-state index in [1.165, 1.54) is 6.07 Å². The molecule has 0 aliphatic rings. The van der Waals surface area contributed by atoms with E-state index in [9.17, 15) is 39.9 Å². The zero-order valence-corrected chi connectivity index (χ0v) is 11.8. The molecule has 11 heteroatoms. The molecule has 1 aromatic rings. The second-order valence-electron chi connectivity index (χ2n) is 3.40. The van der Waals surface area contributed by atoms with E-state index in [2.05, 4.69) is 3.07 Å². The molecule has 0 unspecified atom stereocenters. The maximum absolute atomic E-state index is 13.3. The Morgan fingerprint density at radius 2 is 1.38 bits per heavy atom. The molecule has 2 nitrogen and oxygen atoms in total. The van der Waals surface area contributed by atoms with Gasteiger partial charge in [0.1, 0.15) is 0 Å². The van der Waals surface area contributed by atoms with Gasteiger partial charge >= 0.3 is 119 Å². The molecule has 0 heterocycles. The van der Waals surface area contributed by atoms with E-state index < -0.39 is 46.1 Å². The van der Waals surface area contributed by atoms with Crippen LogP contribution in [0.4, 0.5) is 35.1 Å². The van der Waals surface area contributed by atoms with Crippen molar-refractivity contribution >= 4 is 26.2 Å². The van der Waals surface area contributed by atoms with Crippen molar-refractivity contribution in [2.75, 3.05) is 0 Å². The topological polar surface area (TPSA) is 26.3 Å². The first-order chi connectivity index (χ1) is 9.37. The fraction of sp³-hybridized carbons (Fsp3) is 0.300. The number of alkyl halides is 9. The molecule has 0 fully saturated rings. The first-order valence-electron chi connectivity index (χ1n) is 4.86. The number of hydrogen-bond acceptors (Lipinski definition) is 2. The van der Waals surface area contributed by atoms with Gasteiger partial charge in [-0.25, -0.2) is 0 Å². The van der Waals surface area contributed by atoms with E-state index in [1.54, 1.807) is 0 Å². The summed E-state index contributed by atoms with van der Waals surface area (Å²) >= 11 is -5.33. The minimum atomic E-state index is -6.13. The fourth-order valence-corrected chi connectivity index (χ4v) is 4.56. The third-order valence-corrected chi connectivity index (χ3v) is 6.38. The van der Waals surface area contributed by atoms with Gasteiger partial charge in [-0.3, -0.25) is 0 Å². The summed E-state index contributed by atoms with van der Waals surface area (Å²) in [7, 11) is 0. The van der Waals surface area contributed by atoms with Crippen molar-refractivity contribution in [2.24, 2.45) is 0 Å². The first-order valence-corrected chi connectivity index (χ1v) is 7.90. The van der Waals surface area contributed by atoms with Gasteiger partial charge in [-0.05, 0) is 0 Å². The van der Waals surface area contributed by atoms with E-state index in [0.29, 0.717) is 0 Å². The van der Waals surface area contributed by atoms with Crippen molar-refractivity contribution in [2.45, 2.75) is 16.3 Å². The van der Waals surface area contributed by atoms with Crippen LogP contribution in [0.15, 0.2) is 30.3 Å². The summed E-state index contributed by atoms with van der Waals surface area (Å²) in [6.07, 6.45) is -11.8. The molecule has 0 atom stereocenters. The third kappa shape index (κ3) is 4.17. The summed E-state index contributed by atoms with van der Waals surface area (Å²) in [4.78, 5) is 10.6. The second kappa shape index (κ2) is 5.93. The van der Waals surface area contributed by atoms with Gasteiger partial charge in [0.25, 0.3) is 0 Å². The monoisotopic (exact) mass is 436 g/mol. The zero-order chi connectivity index (χ0) is 16.5. The van der Waals surface area contributed by atoms with E-state index in [0.717, 1.165) is 24.3 Å². The van der Waals surface area contributed by atoms with Crippen molar-refractivity contribution in [3.8, 4) is 0 Å². The molecule has 120 valence electrons. The summed E-state index contributed by atoms with van der Waals surface area (Å²) in [6.45, 7) is 0. The summed E-state index contributed by atoms with van der Waals surface area (Å²) in [5, 5.41) is 0. The second-order valence-corrected chi connectivity index (χ2v) is 7.86. The van der Waals surface area contributed by atoms with Gasteiger partial charge in [-0.1, -0.05) is 0 Å². The number of benzene rings is 1. The molecule has 1 aromatic carbocycles. The summed E-state index contributed by atoms with van der Waals surface area (Å²) < 4.78 is 97.0. The normalized spacial score (nSPS) is 13.8. The van der Waals surface area contributed by atoms with Crippen molar-refractivity contribution in [1.82, 2.24) is 0 Å². The molecule has 21 heavy (non-hydrogen) atoms. The Bertz CT molecular complexity index is 496. The number of carbonyl (C=O) groups is 1. The Kier molecular flexibility index (Phi) is 5.05. The van der Waals surface area contributed by atoms with Crippen LogP contribution in [0.3, 0.4) is 0 Å². The molecule has 0 aromatic heterocycles. The van der Waals surface area contributed by atoms with Gasteiger partial charge in [-0.15, -0.1) is 0 Å². The molecule has 0 amide bonds. The molecule has 0 N–H and O–H groups in total. The van der Waals surface area contributed by atoms with E-state index in [1.807, 2.05) is 0 Å². The van der Waals surface area contributed by atoms with E-state index >= 15 is 0 Å². The van der Waals surface area contributed by atoms with Crippen molar-refractivity contribution in [3.05, 3.63) is 33.9 Å². The molecule has 0 spiro atoms. The fourth-order valence-electron chi connectivity index (χ4n) is 0.970. The summed E-state index contributed by atoms with van der Waals surface area (Å²) in [6, 6.07) is 4.87. The Hall–Kier alpha value is -1.14. The molecule has 1 rings (SSSR count). The maximum atomic E-state index is 13.3. The SMILES string of the molecule is O=C(OI(c1ccccc1)C(F)(F)C(F)(F)F)C(F)(F)F. The third-order valence-electron chi connectivity index (χ3n) is 1.85. The van der Waals surface area contributed by atoms with Crippen LogP contribution in [0.25, 0.3) is 0 Å². The van der Waals surface area contributed by atoms with Gasteiger partial charge in [-0.2, -0.15) is 0 Å². The van der Waals surface area contributed by atoms with Gasteiger partial charge < -0.3 is 0 Å². The van der Waals surface area contributed by atoms with E-state index in [-0.39, 0.29) is 0 Å². The Morgan fingerprint density at radius 3 is 1.76 bits per heavy atom. The number of halogens is 9. The molecule has 0 radical (unpaired) electrons. The molecule has 0 aliphatic heterocycles. The molecule has 0 saturated heterocycles. The first kappa shape index (κ1) is 17.9. The Labute approximate surface area is 120 Å². The number of carbonyl (C=O) groups excluding carboxylic acids is 1. The standard InChI is InChI=1S/C10H5F8IO2/c11-8(12,13)7(20)21-19(6-4-2-1-3-5-6)10(17,18)9(14,15)16/h1-5H. The molecule has 0 bridgehead atoms. The van der Waals surface area contributed by atoms with Gasteiger partial charge in [0.2, 0.25) is 0 Å². The van der Waals surface area contributed by atoms with Crippen LogP contribution in [0.1, 0.15) is 0 Å². The van der Waals surface area contributed by atoms with Crippen molar-refractivity contribution in [3.63, 3.8) is 0 Å². The average molecular weight is 436 g/mol. The van der Waals surface area contributed by atoms with Crippen LogP contribution in [-0.4, -0.2) is 22.3 Å². The molecular weight excluding hydrogens is 431 g/mol. The Balaban J connectivity index is 3.23. The summed E-state index contributed by atoms with van der Waals surface area (Å²) in [5.41, 5.74) is 0. The van der Waals surface area contributed by atoms with Crippen molar-refractivity contribution < 1.29 is 43.0 Å². The van der Waals surface area contributed by atoms with E-state index in [4.69, 9.17) is 0 Å². The minimum absolute atomic E-state index is 0.758. The average Bonchev–Trinajstić information content (AvgIpc) is 2.33. The molecule has 0 saturated carbocycles. The van der Waals surface area contributed by atoms with Gasteiger partial charge in [0.15, 0.2) is 0 Å². The molecule has 0 aliphatic carbocycles. The number of rotatable bonds is 3. The van der Waals surface area contributed by atoms with Crippen LogP contribution < -0.4 is 0 Å². The summed E-state index contributed by atoms with van der Waals surface area (Å²) in [5.74, 6) is -3.07. The van der Waals surface area contributed by atoms with Crippen LogP contribution in [0.2, 0.25) is 0 Å². The number of hydrogen-bond donors (Lipinski definition) is 0. The zero-order valence-electron chi connectivity index (χ0n) is 9.60. The predicted octanol–water partition coefficient (Wildman–Crippen LogP) is 4.54. The Morgan fingerprint density at radius 1 is 0.905 bits per heavy atom. The quantitative estimate of drug-likeness (QED) is 0.396. The van der Waals surface area contributed by atoms with Crippen LogP contribution in [0, 0.1) is 3.57 Å². The van der Waals surface area contributed by atoms with Crippen LogP contribution >= 0.6 is 20.2 Å². The van der Waals surface area contributed by atoms with Gasteiger partial charge in [0, 0.05) is 0 Å². The van der Waals surface area contributed by atoms with Crippen LogP contribution in [0.5, 0.6) is 0 Å². The van der Waals surface area contributed by atoms with Crippen LogP contribution in [-0.2, 0) is 7.86 Å². The van der Waals surface area contributed by atoms with Gasteiger partial charge in [0.05, 0.1) is 0 Å². The predicted molar refractivity (Wildman–Crippen MR) is 62.3 cm³/mol. The molecular formula is C10H5F8IO2.